The lowest BCUT2D eigenvalue weighted by molar-refractivity contribution is -0.184. The number of ether oxygens (including phenoxy) is 4. The highest BCUT2D eigenvalue weighted by atomic mass is 16.7. The number of hydrogen-bond acceptors (Lipinski definition) is 4. The Kier molecular flexibility index (Phi) is 2.09. The SMILES string of the molecule is COc1ccc(OC)c2c1CC21OCCO1. The summed E-state index contributed by atoms with van der Waals surface area (Å²) in [4.78, 5) is 0. The zero-order chi connectivity index (χ0) is 11.2. The molecule has 1 fully saturated rings. The summed E-state index contributed by atoms with van der Waals surface area (Å²) < 4.78 is 22.0. The average Bonchev–Trinajstić information content (AvgIpc) is 2.78. The fraction of sp³-hybridized carbons (Fsp3) is 0.500. The quantitative estimate of drug-likeness (QED) is 0.759. The first kappa shape index (κ1) is 9.93. The van der Waals surface area contributed by atoms with Crippen LogP contribution in [0.4, 0.5) is 0 Å². The first-order chi connectivity index (χ1) is 7.80. The van der Waals surface area contributed by atoms with Crippen molar-refractivity contribution >= 4 is 0 Å². The van der Waals surface area contributed by atoms with Crippen molar-refractivity contribution in [3.05, 3.63) is 23.3 Å². The molecule has 1 heterocycles. The van der Waals surface area contributed by atoms with Gasteiger partial charge in [-0.2, -0.15) is 0 Å². The molecule has 0 atom stereocenters. The van der Waals surface area contributed by atoms with Crippen LogP contribution in [0.5, 0.6) is 11.5 Å². The van der Waals surface area contributed by atoms with Crippen LogP contribution in [0.25, 0.3) is 0 Å². The Morgan fingerprint density at radius 3 is 2.31 bits per heavy atom. The Labute approximate surface area is 94.1 Å². The molecule has 0 N–H and O–H groups in total. The number of rotatable bonds is 2. The molecule has 0 saturated carbocycles. The maximum absolute atomic E-state index is 5.69. The summed E-state index contributed by atoms with van der Waals surface area (Å²) >= 11 is 0. The molecule has 1 saturated heterocycles. The van der Waals surface area contributed by atoms with Gasteiger partial charge in [-0.25, -0.2) is 0 Å². The molecular formula is C12H14O4. The van der Waals surface area contributed by atoms with E-state index in [1.165, 1.54) is 0 Å². The highest BCUT2D eigenvalue weighted by Crippen LogP contribution is 2.53. The van der Waals surface area contributed by atoms with E-state index < -0.39 is 5.79 Å². The van der Waals surface area contributed by atoms with Crippen LogP contribution < -0.4 is 9.47 Å². The van der Waals surface area contributed by atoms with E-state index in [2.05, 4.69) is 0 Å². The van der Waals surface area contributed by atoms with E-state index in [0.717, 1.165) is 29.0 Å². The lowest BCUT2D eigenvalue weighted by atomic mass is 9.80. The summed E-state index contributed by atoms with van der Waals surface area (Å²) in [7, 11) is 3.33. The van der Waals surface area contributed by atoms with E-state index in [-0.39, 0.29) is 0 Å². The minimum atomic E-state index is -0.574. The van der Waals surface area contributed by atoms with Gasteiger partial charge in [-0.3, -0.25) is 0 Å². The second-order valence-corrected chi connectivity index (χ2v) is 3.95. The minimum absolute atomic E-state index is 0.574. The van der Waals surface area contributed by atoms with Crippen molar-refractivity contribution < 1.29 is 18.9 Å². The molecule has 1 aromatic rings. The summed E-state index contributed by atoms with van der Waals surface area (Å²) in [6.45, 7) is 1.28. The van der Waals surface area contributed by atoms with Crippen molar-refractivity contribution in [1.82, 2.24) is 0 Å². The van der Waals surface area contributed by atoms with Gasteiger partial charge in [0.15, 0.2) is 0 Å². The van der Waals surface area contributed by atoms with Gasteiger partial charge in [0, 0.05) is 12.0 Å². The highest BCUT2D eigenvalue weighted by Gasteiger charge is 2.52. The highest BCUT2D eigenvalue weighted by molar-refractivity contribution is 5.57. The number of methoxy groups -OCH3 is 2. The van der Waals surface area contributed by atoms with Gasteiger partial charge in [0.1, 0.15) is 11.5 Å². The molecule has 0 radical (unpaired) electrons. The van der Waals surface area contributed by atoms with Gasteiger partial charge in [-0.15, -0.1) is 0 Å². The lowest BCUT2D eigenvalue weighted by Gasteiger charge is -2.40. The van der Waals surface area contributed by atoms with E-state index in [1.807, 2.05) is 12.1 Å². The van der Waals surface area contributed by atoms with Gasteiger partial charge >= 0.3 is 0 Å². The van der Waals surface area contributed by atoms with Gasteiger partial charge < -0.3 is 18.9 Å². The molecule has 1 aliphatic carbocycles. The van der Waals surface area contributed by atoms with Crippen molar-refractivity contribution in [2.45, 2.75) is 12.2 Å². The Balaban J connectivity index is 2.11. The lowest BCUT2D eigenvalue weighted by Crippen LogP contribution is -2.40. The van der Waals surface area contributed by atoms with Gasteiger partial charge in [0.05, 0.1) is 33.0 Å². The van der Waals surface area contributed by atoms with Gasteiger partial charge in [-0.1, -0.05) is 0 Å². The molecule has 2 aliphatic rings. The van der Waals surface area contributed by atoms with Crippen molar-refractivity contribution in [3.63, 3.8) is 0 Å². The largest absolute Gasteiger partial charge is 0.496 e. The molecule has 16 heavy (non-hydrogen) atoms. The summed E-state index contributed by atoms with van der Waals surface area (Å²) in [6, 6.07) is 3.81. The van der Waals surface area contributed by atoms with Gasteiger partial charge in [0.2, 0.25) is 5.79 Å². The van der Waals surface area contributed by atoms with E-state index in [1.54, 1.807) is 14.2 Å². The fourth-order valence-corrected chi connectivity index (χ4v) is 2.48. The standard InChI is InChI=1S/C12H14O4/c1-13-9-3-4-10(14-2)11-8(9)7-12(11)15-5-6-16-12/h3-4H,5-7H2,1-2H3. The Morgan fingerprint density at radius 1 is 1.06 bits per heavy atom. The number of fused-ring (bicyclic) bond motifs is 2. The van der Waals surface area contributed by atoms with Crippen LogP contribution in [0.15, 0.2) is 12.1 Å². The molecule has 1 spiro atoms. The third-order valence-electron chi connectivity index (χ3n) is 3.22. The van der Waals surface area contributed by atoms with Crippen molar-refractivity contribution in [2.24, 2.45) is 0 Å². The van der Waals surface area contributed by atoms with E-state index in [4.69, 9.17) is 18.9 Å². The second kappa shape index (κ2) is 3.37. The fourth-order valence-electron chi connectivity index (χ4n) is 2.48. The molecule has 4 heteroatoms. The molecule has 4 nitrogen and oxygen atoms in total. The number of hydrogen-bond donors (Lipinski definition) is 0. The van der Waals surface area contributed by atoms with Gasteiger partial charge in [0.25, 0.3) is 0 Å². The smallest absolute Gasteiger partial charge is 0.203 e. The third-order valence-corrected chi connectivity index (χ3v) is 3.22. The molecule has 86 valence electrons. The zero-order valence-corrected chi connectivity index (χ0v) is 9.41. The van der Waals surface area contributed by atoms with Crippen LogP contribution in [0, 0.1) is 0 Å². The third kappa shape index (κ3) is 1.11. The van der Waals surface area contributed by atoms with E-state index in [0.29, 0.717) is 13.2 Å². The molecule has 0 unspecified atom stereocenters. The first-order valence-corrected chi connectivity index (χ1v) is 5.33. The maximum Gasteiger partial charge on any atom is 0.203 e. The second-order valence-electron chi connectivity index (χ2n) is 3.95. The van der Waals surface area contributed by atoms with Crippen molar-refractivity contribution in [2.75, 3.05) is 27.4 Å². The number of benzene rings is 1. The first-order valence-electron chi connectivity index (χ1n) is 5.33. The van der Waals surface area contributed by atoms with Gasteiger partial charge in [-0.05, 0) is 12.1 Å². The van der Waals surface area contributed by atoms with Crippen LogP contribution in [-0.2, 0) is 21.7 Å². The average molecular weight is 222 g/mol. The molecule has 0 bridgehead atoms. The monoisotopic (exact) mass is 222 g/mol. The van der Waals surface area contributed by atoms with Crippen LogP contribution in [-0.4, -0.2) is 27.4 Å². The van der Waals surface area contributed by atoms with Crippen LogP contribution in [0.2, 0.25) is 0 Å². The molecular weight excluding hydrogens is 208 g/mol. The molecule has 1 aliphatic heterocycles. The normalized spacial score (nSPS) is 20.4. The summed E-state index contributed by atoms with van der Waals surface area (Å²) in [5.74, 6) is 1.11. The van der Waals surface area contributed by atoms with Crippen molar-refractivity contribution in [3.8, 4) is 11.5 Å². The zero-order valence-electron chi connectivity index (χ0n) is 9.41. The minimum Gasteiger partial charge on any atom is -0.496 e. The Hall–Kier alpha value is -1.26. The predicted molar refractivity (Wildman–Crippen MR) is 56.8 cm³/mol. The summed E-state index contributed by atoms with van der Waals surface area (Å²) in [5.41, 5.74) is 2.12. The van der Waals surface area contributed by atoms with E-state index in [9.17, 15) is 0 Å². The maximum atomic E-state index is 5.69. The molecule has 1 aromatic carbocycles. The van der Waals surface area contributed by atoms with E-state index >= 15 is 0 Å². The van der Waals surface area contributed by atoms with Crippen LogP contribution in [0.1, 0.15) is 11.1 Å². The van der Waals surface area contributed by atoms with Crippen molar-refractivity contribution in [1.29, 1.82) is 0 Å². The van der Waals surface area contributed by atoms with Crippen LogP contribution >= 0.6 is 0 Å². The topological polar surface area (TPSA) is 36.9 Å². The molecule has 3 rings (SSSR count). The predicted octanol–water partition coefficient (Wildman–Crippen LogP) is 1.46. The van der Waals surface area contributed by atoms with Crippen LogP contribution in [0.3, 0.4) is 0 Å². The molecule has 0 amide bonds. The summed E-state index contributed by atoms with van der Waals surface area (Å²) in [6.07, 6.45) is 0.739. The molecule has 0 aromatic heterocycles. The Bertz CT molecular complexity index is 421. The summed E-state index contributed by atoms with van der Waals surface area (Å²) in [5, 5.41) is 0. The Morgan fingerprint density at radius 2 is 1.69 bits per heavy atom.